The number of carbonyl (C=O) groups is 2. The molecule has 1 aliphatic heterocycles. The van der Waals surface area contributed by atoms with Crippen molar-refractivity contribution in [2.45, 2.75) is 12.3 Å². The van der Waals surface area contributed by atoms with Crippen LogP contribution in [-0.4, -0.2) is 47.8 Å². The Bertz CT molecular complexity index is 845. The van der Waals surface area contributed by atoms with E-state index in [4.69, 9.17) is 11.6 Å². The second-order valence-corrected chi connectivity index (χ2v) is 7.48. The van der Waals surface area contributed by atoms with Crippen molar-refractivity contribution in [1.29, 1.82) is 0 Å². The molecule has 27 heavy (non-hydrogen) atoms. The molecular formula is C21H20ClFN2O2. The fourth-order valence-electron chi connectivity index (χ4n) is 3.76. The van der Waals surface area contributed by atoms with Crippen molar-refractivity contribution < 1.29 is 14.0 Å². The predicted octanol–water partition coefficient (Wildman–Crippen LogP) is 3.57. The number of benzene rings is 2. The number of amides is 2. The maximum atomic E-state index is 14.0. The van der Waals surface area contributed by atoms with Crippen molar-refractivity contribution in [3.8, 4) is 0 Å². The van der Waals surface area contributed by atoms with Crippen molar-refractivity contribution in [1.82, 2.24) is 9.80 Å². The Kier molecular flexibility index (Phi) is 4.87. The summed E-state index contributed by atoms with van der Waals surface area (Å²) >= 11 is 5.99. The molecule has 2 fully saturated rings. The van der Waals surface area contributed by atoms with Crippen LogP contribution < -0.4 is 0 Å². The fourth-order valence-corrected chi connectivity index (χ4v) is 4.01. The number of hydrogen-bond acceptors (Lipinski definition) is 2. The maximum Gasteiger partial charge on any atom is 0.258 e. The Morgan fingerprint density at radius 2 is 1.59 bits per heavy atom. The van der Waals surface area contributed by atoms with Gasteiger partial charge in [-0.3, -0.25) is 9.59 Å². The van der Waals surface area contributed by atoms with Gasteiger partial charge in [-0.05, 0) is 30.0 Å². The van der Waals surface area contributed by atoms with Gasteiger partial charge in [-0.2, -0.15) is 0 Å². The molecule has 140 valence electrons. The van der Waals surface area contributed by atoms with E-state index in [1.54, 1.807) is 4.90 Å². The van der Waals surface area contributed by atoms with Gasteiger partial charge in [0, 0.05) is 32.1 Å². The van der Waals surface area contributed by atoms with Crippen molar-refractivity contribution in [3.63, 3.8) is 0 Å². The minimum absolute atomic E-state index is 0.0377. The van der Waals surface area contributed by atoms with Crippen LogP contribution in [0.3, 0.4) is 0 Å². The molecule has 2 amide bonds. The Morgan fingerprint density at radius 3 is 2.26 bits per heavy atom. The molecule has 4 rings (SSSR count). The third kappa shape index (κ3) is 3.56. The van der Waals surface area contributed by atoms with Crippen molar-refractivity contribution in [2.24, 2.45) is 5.92 Å². The van der Waals surface area contributed by atoms with Gasteiger partial charge in [0.25, 0.3) is 5.91 Å². The summed E-state index contributed by atoms with van der Waals surface area (Å²) in [6.45, 7) is 1.71. The summed E-state index contributed by atoms with van der Waals surface area (Å²) in [5, 5.41) is 0.113. The average molecular weight is 387 g/mol. The standard InChI is InChI=1S/C21H20ClFN2O2/c22-17-7-4-8-18(23)19(17)21(27)25-11-9-24(10-12-25)20(26)16-13-15(16)14-5-2-1-3-6-14/h1-8,15-16H,9-13H2. The molecule has 0 radical (unpaired) electrons. The van der Waals surface area contributed by atoms with E-state index in [0.29, 0.717) is 32.1 Å². The number of nitrogens with zero attached hydrogens (tertiary/aromatic N) is 2. The van der Waals surface area contributed by atoms with E-state index in [0.717, 1.165) is 6.42 Å². The van der Waals surface area contributed by atoms with Gasteiger partial charge in [0.2, 0.25) is 5.91 Å². The molecule has 2 unspecified atom stereocenters. The first-order chi connectivity index (χ1) is 13.1. The van der Waals surface area contributed by atoms with Crippen molar-refractivity contribution in [2.75, 3.05) is 26.2 Å². The maximum absolute atomic E-state index is 14.0. The van der Waals surface area contributed by atoms with Gasteiger partial charge in [0.05, 0.1) is 10.6 Å². The van der Waals surface area contributed by atoms with E-state index in [1.807, 2.05) is 23.1 Å². The first-order valence-electron chi connectivity index (χ1n) is 9.13. The molecule has 1 aliphatic carbocycles. The number of carbonyl (C=O) groups excluding carboxylic acids is 2. The number of halogens is 2. The summed E-state index contributed by atoms with van der Waals surface area (Å²) < 4.78 is 14.0. The predicted molar refractivity (Wildman–Crippen MR) is 101 cm³/mol. The third-order valence-electron chi connectivity index (χ3n) is 5.39. The smallest absolute Gasteiger partial charge is 0.258 e. The van der Waals surface area contributed by atoms with Crippen LogP contribution in [0.5, 0.6) is 0 Å². The van der Waals surface area contributed by atoms with Crippen LogP contribution in [0.4, 0.5) is 4.39 Å². The first-order valence-corrected chi connectivity index (χ1v) is 9.51. The highest BCUT2D eigenvalue weighted by molar-refractivity contribution is 6.33. The zero-order valence-electron chi connectivity index (χ0n) is 14.8. The summed E-state index contributed by atoms with van der Waals surface area (Å²) in [4.78, 5) is 28.7. The van der Waals surface area contributed by atoms with Crippen LogP contribution in [-0.2, 0) is 4.79 Å². The molecule has 0 aromatic heterocycles. The lowest BCUT2D eigenvalue weighted by molar-refractivity contribution is -0.134. The topological polar surface area (TPSA) is 40.6 Å². The van der Waals surface area contributed by atoms with E-state index in [1.165, 1.54) is 23.8 Å². The minimum atomic E-state index is -0.616. The van der Waals surface area contributed by atoms with Gasteiger partial charge in [-0.1, -0.05) is 48.0 Å². The molecule has 1 saturated heterocycles. The fraction of sp³-hybridized carbons (Fsp3) is 0.333. The third-order valence-corrected chi connectivity index (χ3v) is 5.71. The molecule has 0 bridgehead atoms. The highest BCUT2D eigenvalue weighted by Gasteiger charge is 2.46. The van der Waals surface area contributed by atoms with Gasteiger partial charge in [-0.25, -0.2) is 4.39 Å². The van der Waals surface area contributed by atoms with Crippen LogP contribution >= 0.6 is 11.6 Å². The zero-order valence-corrected chi connectivity index (χ0v) is 15.5. The molecule has 4 nitrogen and oxygen atoms in total. The number of piperazine rings is 1. The molecule has 0 spiro atoms. The molecular weight excluding hydrogens is 367 g/mol. The Balaban J connectivity index is 1.35. The van der Waals surface area contributed by atoms with Crippen LogP contribution in [0.1, 0.15) is 28.3 Å². The van der Waals surface area contributed by atoms with Crippen LogP contribution in [0, 0.1) is 11.7 Å². The average Bonchev–Trinajstić information content (AvgIpc) is 3.49. The molecule has 2 aromatic rings. The Hall–Kier alpha value is -2.40. The van der Waals surface area contributed by atoms with E-state index in [2.05, 4.69) is 12.1 Å². The van der Waals surface area contributed by atoms with Crippen LogP contribution in [0.2, 0.25) is 5.02 Å². The van der Waals surface area contributed by atoms with Crippen LogP contribution in [0.25, 0.3) is 0 Å². The lowest BCUT2D eigenvalue weighted by atomic mass is 10.1. The highest BCUT2D eigenvalue weighted by atomic mass is 35.5. The molecule has 1 heterocycles. The number of hydrogen-bond donors (Lipinski definition) is 0. The summed E-state index contributed by atoms with van der Waals surface area (Å²) in [5.41, 5.74) is 1.11. The van der Waals surface area contributed by atoms with Crippen molar-refractivity contribution in [3.05, 3.63) is 70.5 Å². The number of rotatable bonds is 3. The van der Waals surface area contributed by atoms with Crippen LogP contribution in [0.15, 0.2) is 48.5 Å². The zero-order chi connectivity index (χ0) is 19.0. The molecule has 6 heteroatoms. The van der Waals surface area contributed by atoms with Gasteiger partial charge < -0.3 is 9.80 Å². The van der Waals surface area contributed by atoms with Gasteiger partial charge >= 0.3 is 0 Å². The molecule has 2 aliphatic rings. The van der Waals surface area contributed by atoms with E-state index < -0.39 is 11.7 Å². The lowest BCUT2D eigenvalue weighted by Gasteiger charge is -2.35. The SMILES string of the molecule is O=C(c1c(F)cccc1Cl)N1CCN(C(=O)C2CC2c2ccccc2)CC1. The quantitative estimate of drug-likeness (QED) is 0.809. The summed E-state index contributed by atoms with van der Waals surface area (Å²) in [5.74, 6) is -0.542. The van der Waals surface area contributed by atoms with Gasteiger partial charge in [-0.15, -0.1) is 0 Å². The Labute approximate surface area is 162 Å². The second kappa shape index (κ2) is 7.31. The molecule has 1 saturated carbocycles. The monoisotopic (exact) mass is 386 g/mol. The summed E-state index contributed by atoms with van der Waals surface area (Å²) in [7, 11) is 0. The second-order valence-electron chi connectivity index (χ2n) is 7.07. The molecule has 0 N–H and O–H groups in total. The first kappa shape index (κ1) is 18.0. The normalized spacial score (nSPS) is 21.9. The van der Waals surface area contributed by atoms with E-state index in [-0.39, 0.29) is 22.4 Å². The van der Waals surface area contributed by atoms with E-state index >= 15 is 0 Å². The highest BCUT2D eigenvalue weighted by Crippen LogP contribution is 2.48. The van der Waals surface area contributed by atoms with Gasteiger partial charge in [0.1, 0.15) is 5.82 Å². The van der Waals surface area contributed by atoms with Crippen molar-refractivity contribution >= 4 is 23.4 Å². The molecule has 2 atom stereocenters. The largest absolute Gasteiger partial charge is 0.339 e. The van der Waals surface area contributed by atoms with Gasteiger partial charge in [0.15, 0.2) is 0 Å². The van der Waals surface area contributed by atoms with E-state index in [9.17, 15) is 14.0 Å². The minimum Gasteiger partial charge on any atom is -0.339 e. The summed E-state index contributed by atoms with van der Waals surface area (Å²) in [6, 6.07) is 14.3. The molecule has 2 aromatic carbocycles. The summed E-state index contributed by atoms with van der Waals surface area (Å²) in [6.07, 6.45) is 0.882. The lowest BCUT2D eigenvalue weighted by Crippen LogP contribution is -2.51. The Morgan fingerprint density at radius 1 is 0.926 bits per heavy atom.